The Morgan fingerprint density at radius 1 is 1.24 bits per heavy atom. The summed E-state index contributed by atoms with van der Waals surface area (Å²) in [5.74, 6) is 1.02. The highest BCUT2D eigenvalue weighted by Crippen LogP contribution is 2.22. The van der Waals surface area contributed by atoms with Gasteiger partial charge in [-0.2, -0.15) is 0 Å². The first kappa shape index (κ1) is 12.9. The molecule has 1 heterocycles. The lowest BCUT2D eigenvalue weighted by Crippen LogP contribution is -2.45. The molecule has 2 rings (SSSR count). The Kier molecular flexibility index (Phi) is 4.43. The van der Waals surface area contributed by atoms with Crippen LogP contribution in [0.5, 0.6) is 0 Å². The van der Waals surface area contributed by atoms with Crippen molar-refractivity contribution in [3.8, 4) is 0 Å². The van der Waals surface area contributed by atoms with Crippen molar-refractivity contribution in [3.63, 3.8) is 0 Å². The molecular formula is C14H26N2O. The first-order chi connectivity index (χ1) is 8.16. The van der Waals surface area contributed by atoms with Gasteiger partial charge in [0.1, 0.15) is 0 Å². The zero-order valence-electron chi connectivity index (χ0n) is 11.3. The molecule has 2 fully saturated rings. The van der Waals surface area contributed by atoms with Gasteiger partial charge >= 0.3 is 0 Å². The standard InChI is InChI=1S/C14H26N2O/c1-12-6-5-9-16(10-12)14(17)11-15(2)13-7-3-4-8-13/h12-13H,3-11H2,1-2H3/t12-/m0/s1. The number of likely N-dealkylation sites (tertiary alicyclic amines) is 1. The second-order valence-corrected chi connectivity index (χ2v) is 5.94. The van der Waals surface area contributed by atoms with E-state index in [0.29, 0.717) is 24.4 Å². The van der Waals surface area contributed by atoms with Crippen molar-refractivity contribution in [3.05, 3.63) is 0 Å². The normalized spacial score (nSPS) is 26.8. The number of hydrogen-bond acceptors (Lipinski definition) is 2. The van der Waals surface area contributed by atoms with Crippen LogP contribution in [0.1, 0.15) is 45.4 Å². The van der Waals surface area contributed by atoms with Crippen molar-refractivity contribution in [1.82, 2.24) is 9.80 Å². The molecule has 3 nitrogen and oxygen atoms in total. The van der Waals surface area contributed by atoms with Crippen LogP contribution in [-0.2, 0) is 4.79 Å². The van der Waals surface area contributed by atoms with Gasteiger partial charge in [0.05, 0.1) is 6.54 Å². The van der Waals surface area contributed by atoms with Crippen molar-refractivity contribution in [2.45, 2.75) is 51.5 Å². The number of amides is 1. The molecule has 3 heteroatoms. The van der Waals surface area contributed by atoms with Gasteiger partial charge in [-0.3, -0.25) is 9.69 Å². The van der Waals surface area contributed by atoms with Gasteiger partial charge in [-0.1, -0.05) is 19.8 Å². The van der Waals surface area contributed by atoms with Gasteiger partial charge in [0, 0.05) is 19.1 Å². The molecule has 1 saturated carbocycles. The van der Waals surface area contributed by atoms with Crippen LogP contribution in [0.2, 0.25) is 0 Å². The van der Waals surface area contributed by atoms with Gasteiger partial charge in [0.2, 0.25) is 5.91 Å². The molecule has 0 spiro atoms. The second-order valence-electron chi connectivity index (χ2n) is 5.94. The minimum absolute atomic E-state index is 0.339. The second kappa shape index (κ2) is 5.85. The maximum Gasteiger partial charge on any atom is 0.236 e. The summed E-state index contributed by atoms with van der Waals surface area (Å²) in [5, 5.41) is 0. The summed E-state index contributed by atoms with van der Waals surface area (Å²) in [7, 11) is 2.11. The average molecular weight is 238 g/mol. The van der Waals surface area contributed by atoms with Crippen LogP contribution in [0.3, 0.4) is 0 Å². The molecule has 1 atom stereocenters. The summed E-state index contributed by atoms with van der Waals surface area (Å²) in [4.78, 5) is 16.5. The Morgan fingerprint density at radius 2 is 1.94 bits per heavy atom. The van der Waals surface area contributed by atoms with Gasteiger partial charge in [0.25, 0.3) is 0 Å². The van der Waals surface area contributed by atoms with Gasteiger partial charge in [-0.25, -0.2) is 0 Å². The highest BCUT2D eigenvalue weighted by Gasteiger charge is 2.25. The van der Waals surface area contributed by atoms with E-state index in [2.05, 4.69) is 23.8 Å². The monoisotopic (exact) mass is 238 g/mol. The zero-order chi connectivity index (χ0) is 12.3. The number of hydrogen-bond donors (Lipinski definition) is 0. The number of rotatable bonds is 3. The molecule has 0 radical (unpaired) electrons. The molecule has 2 aliphatic rings. The molecule has 17 heavy (non-hydrogen) atoms. The molecule has 1 aliphatic carbocycles. The number of carbonyl (C=O) groups excluding carboxylic acids is 1. The van der Waals surface area contributed by atoms with E-state index in [0.717, 1.165) is 13.1 Å². The molecule has 0 aromatic heterocycles. The maximum atomic E-state index is 12.2. The van der Waals surface area contributed by atoms with E-state index in [9.17, 15) is 4.79 Å². The van der Waals surface area contributed by atoms with Crippen molar-refractivity contribution in [2.24, 2.45) is 5.92 Å². The van der Waals surface area contributed by atoms with Gasteiger partial charge in [-0.05, 0) is 38.6 Å². The third-order valence-corrected chi connectivity index (χ3v) is 4.34. The van der Waals surface area contributed by atoms with E-state index in [-0.39, 0.29) is 0 Å². The highest BCUT2D eigenvalue weighted by molar-refractivity contribution is 5.78. The van der Waals surface area contributed by atoms with Crippen molar-refractivity contribution < 1.29 is 4.79 Å². The molecular weight excluding hydrogens is 212 g/mol. The predicted octanol–water partition coefficient (Wildman–Crippen LogP) is 2.12. The van der Waals surface area contributed by atoms with E-state index in [4.69, 9.17) is 0 Å². The molecule has 0 unspecified atom stereocenters. The number of carbonyl (C=O) groups is 1. The summed E-state index contributed by atoms with van der Waals surface area (Å²) in [6.45, 7) is 4.82. The lowest BCUT2D eigenvalue weighted by atomic mass is 10.0. The SMILES string of the molecule is C[C@H]1CCCN(C(=O)CN(C)C2CCCC2)C1. The minimum Gasteiger partial charge on any atom is -0.341 e. The Balaban J connectivity index is 1.79. The van der Waals surface area contributed by atoms with Crippen molar-refractivity contribution in [2.75, 3.05) is 26.7 Å². The van der Waals surface area contributed by atoms with Crippen LogP contribution >= 0.6 is 0 Å². The smallest absolute Gasteiger partial charge is 0.236 e. The van der Waals surface area contributed by atoms with Gasteiger partial charge in [-0.15, -0.1) is 0 Å². The number of piperidine rings is 1. The summed E-state index contributed by atoms with van der Waals surface area (Å²) >= 11 is 0. The van der Waals surface area contributed by atoms with Gasteiger partial charge in [0.15, 0.2) is 0 Å². The molecule has 1 amide bonds. The fourth-order valence-corrected chi connectivity index (χ4v) is 3.20. The van der Waals surface area contributed by atoms with Crippen molar-refractivity contribution in [1.29, 1.82) is 0 Å². The fraction of sp³-hybridized carbons (Fsp3) is 0.929. The molecule has 98 valence electrons. The topological polar surface area (TPSA) is 23.6 Å². The molecule has 0 aromatic rings. The third kappa shape index (κ3) is 3.44. The first-order valence-corrected chi connectivity index (χ1v) is 7.15. The van der Waals surface area contributed by atoms with E-state index < -0.39 is 0 Å². The minimum atomic E-state index is 0.339. The Morgan fingerprint density at radius 3 is 2.59 bits per heavy atom. The van der Waals surface area contributed by atoms with Crippen LogP contribution in [0, 0.1) is 5.92 Å². The number of likely N-dealkylation sites (N-methyl/N-ethyl adjacent to an activating group) is 1. The van der Waals surface area contributed by atoms with Crippen LogP contribution < -0.4 is 0 Å². The van der Waals surface area contributed by atoms with E-state index in [1.54, 1.807) is 0 Å². The lowest BCUT2D eigenvalue weighted by Gasteiger charge is -2.33. The van der Waals surface area contributed by atoms with Gasteiger partial charge < -0.3 is 4.90 Å². The van der Waals surface area contributed by atoms with E-state index in [1.807, 2.05) is 0 Å². The van der Waals surface area contributed by atoms with Crippen LogP contribution in [0.25, 0.3) is 0 Å². The van der Waals surface area contributed by atoms with E-state index >= 15 is 0 Å². The average Bonchev–Trinajstić information content (AvgIpc) is 2.82. The fourth-order valence-electron chi connectivity index (χ4n) is 3.20. The summed E-state index contributed by atoms with van der Waals surface area (Å²) in [5.41, 5.74) is 0. The molecule has 0 bridgehead atoms. The molecule has 1 saturated heterocycles. The maximum absolute atomic E-state index is 12.2. The van der Waals surface area contributed by atoms with E-state index in [1.165, 1.54) is 38.5 Å². The summed E-state index contributed by atoms with van der Waals surface area (Å²) in [6, 6.07) is 0.654. The quantitative estimate of drug-likeness (QED) is 0.752. The van der Waals surface area contributed by atoms with Crippen LogP contribution in [0.15, 0.2) is 0 Å². The summed E-state index contributed by atoms with van der Waals surface area (Å²) in [6.07, 6.45) is 7.69. The zero-order valence-corrected chi connectivity index (χ0v) is 11.3. The Hall–Kier alpha value is -0.570. The lowest BCUT2D eigenvalue weighted by molar-refractivity contribution is -0.134. The largest absolute Gasteiger partial charge is 0.341 e. The predicted molar refractivity (Wildman–Crippen MR) is 69.9 cm³/mol. The molecule has 0 N–H and O–H groups in total. The molecule has 0 aromatic carbocycles. The van der Waals surface area contributed by atoms with Crippen LogP contribution in [0.4, 0.5) is 0 Å². The van der Waals surface area contributed by atoms with Crippen LogP contribution in [-0.4, -0.2) is 48.4 Å². The number of nitrogens with zero attached hydrogens (tertiary/aromatic N) is 2. The van der Waals surface area contributed by atoms with Crippen molar-refractivity contribution >= 4 is 5.91 Å². The third-order valence-electron chi connectivity index (χ3n) is 4.34. The first-order valence-electron chi connectivity index (χ1n) is 7.15. The highest BCUT2D eigenvalue weighted by atomic mass is 16.2. The Bertz CT molecular complexity index is 261. The molecule has 1 aliphatic heterocycles. The Labute approximate surface area is 105 Å². The summed E-state index contributed by atoms with van der Waals surface area (Å²) < 4.78 is 0.